The average molecular weight is 462 g/mol. The van der Waals surface area contributed by atoms with Gasteiger partial charge in [-0.05, 0) is 57.1 Å². The number of anilines is 1. The number of carbonyl (C=O) groups is 1. The van der Waals surface area contributed by atoms with Gasteiger partial charge in [0, 0.05) is 30.9 Å². The fourth-order valence-corrected chi connectivity index (χ4v) is 5.24. The zero-order valence-corrected chi connectivity index (χ0v) is 19.8. The summed E-state index contributed by atoms with van der Waals surface area (Å²) >= 11 is 0. The molecule has 8 nitrogen and oxygen atoms in total. The molecule has 0 bridgehead atoms. The van der Waals surface area contributed by atoms with Crippen LogP contribution in [0.2, 0.25) is 0 Å². The fourth-order valence-electron chi connectivity index (χ4n) is 3.72. The normalized spacial score (nSPS) is 15.5. The van der Waals surface area contributed by atoms with E-state index in [4.69, 9.17) is 9.47 Å². The summed E-state index contributed by atoms with van der Waals surface area (Å²) in [4.78, 5) is 14.9. The van der Waals surface area contributed by atoms with Crippen LogP contribution >= 0.6 is 0 Å². The molecule has 32 heavy (non-hydrogen) atoms. The zero-order valence-electron chi connectivity index (χ0n) is 19.0. The highest BCUT2D eigenvalue weighted by Crippen LogP contribution is 2.31. The van der Waals surface area contributed by atoms with Gasteiger partial charge in [-0.1, -0.05) is 12.1 Å². The van der Waals surface area contributed by atoms with E-state index in [-0.39, 0.29) is 10.8 Å². The van der Waals surface area contributed by atoms with Gasteiger partial charge in [-0.3, -0.25) is 9.69 Å². The number of rotatable bonds is 9. The molecule has 9 heteroatoms. The lowest BCUT2D eigenvalue weighted by Gasteiger charge is -2.25. The van der Waals surface area contributed by atoms with Crippen LogP contribution in [0, 0.1) is 0 Å². The zero-order chi connectivity index (χ0) is 23.3. The fraction of sp³-hybridized carbons (Fsp3) is 0.435. The Morgan fingerprint density at radius 1 is 1.09 bits per heavy atom. The van der Waals surface area contributed by atoms with Gasteiger partial charge in [-0.25, -0.2) is 8.42 Å². The molecule has 0 saturated carbocycles. The summed E-state index contributed by atoms with van der Waals surface area (Å²) in [5.74, 6) is 1.09. The number of para-hydroxylation sites is 1. The summed E-state index contributed by atoms with van der Waals surface area (Å²) in [5.41, 5.74) is 1.46. The first-order chi connectivity index (χ1) is 15.3. The number of likely N-dealkylation sites (N-methyl/N-ethyl adjacent to an activating group) is 1. The molecule has 174 valence electrons. The van der Waals surface area contributed by atoms with Crippen LogP contribution in [-0.2, 0) is 21.4 Å². The molecule has 3 rings (SSSR count). The second kappa shape index (κ2) is 10.3. The predicted molar refractivity (Wildman–Crippen MR) is 124 cm³/mol. The molecule has 1 saturated heterocycles. The van der Waals surface area contributed by atoms with Crippen molar-refractivity contribution in [2.24, 2.45) is 0 Å². The quantitative estimate of drug-likeness (QED) is 0.618. The molecule has 1 aliphatic heterocycles. The summed E-state index contributed by atoms with van der Waals surface area (Å²) < 4.78 is 37.6. The summed E-state index contributed by atoms with van der Waals surface area (Å²) in [7, 11) is 1.56. The topological polar surface area (TPSA) is 88.2 Å². The van der Waals surface area contributed by atoms with Crippen LogP contribution < -0.4 is 14.8 Å². The monoisotopic (exact) mass is 461 g/mol. The lowest BCUT2D eigenvalue weighted by molar-refractivity contribution is -0.120. The molecule has 1 unspecified atom stereocenters. The molecule has 1 atom stereocenters. The van der Waals surface area contributed by atoms with Crippen molar-refractivity contribution < 1.29 is 22.7 Å². The molecule has 1 heterocycles. The number of sulfonamides is 1. The number of hydrogen-bond acceptors (Lipinski definition) is 6. The van der Waals surface area contributed by atoms with Crippen LogP contribution in [0.3, 0.4) is 0 Å². The van der Waals surface area contributed by atoms with Crippen molar-refractivity contribution in [1.29, 1.82) is 0 Å². The molecule has 1 aliphatic rings. The minimum Gasteiger partial charge on any atom is -0.493 e. The third-order valence-corrected chi connectivity index (χ3v) is 7.68. The van der Waals surface area contributed by atoms with Crippen LogP contribution in [0.4, 0.5) is 5.69 Å². The van der Waals surface area contributed by atoms with E-state index in [1.54, 1.807) is 38.5 Å². The highest BCUT2D eigenvalue weighted by molar-refractivity contribution is 7.89. The Morgan fingerprint density at radius 3 is 2.34 bits per heavy atom. The van der Waals surface area contributed by atoms with Crippen molar-refractivity contribution in [2.45, 2.75) is 37.2 Å². The van der Waals surface area contributed by atoms with E-state index in [1.165, 1.54) is 4.31 Å². The Balaban J connectivity index is 1.64. The molecule has 1 N–H and O–H groups in total. The largest absolute Gasteiger partial charge is 0.493 e. The van der Waals surface area contributed by atoms with E-state index in [2.05, 4.69) is 5.32 Å². The minimum atomic E-state index is -3.47. The van der Waals surface area contributed by atoms with Gasteiger partial charge in [0.1, 0.15) is 0 Å². The van der Waals surface area contributed by atoms with Crippen LogP contribution in [0.25, 0.3) is 0 Å². The van der Waals surface area contributed by atoms with Crippen LogP contribution in [0.1, 0.15) is 25.3 Å². The average Bonchev–Trinajstić information content (AvgIpc) is 3.34. The third kappa shape index (κ3) is 5.23. The molecule has 0 aromatic heterocycles. The van der Waals surface area contributed by atoms with Gasteiger partial charge in [0.2, 0.25) is 15.9 Å². The second-order valence-corrected chi connectivity index (χ2v) is 9.81. The Morgan fingerprint density at radius 2 is 1.75 bits per heavy atom. The first-order valence-corrected chi connectivity index (χ1v) is 12.0. The summed E-state index contributed by atoms with van der Waals surface area (Å²) in [6.07, 6.45) is 1.78. The van der Waals surface area contributed by atoms with Gasteiger partial charge >= 0.3 is 0 Å². The second-order valence-electron chi connectivity index (χ2n) is 7.87. The highest BCUT2D eigenvalue weighted by Gasteiger charge is 2.27. The molecular weight excluding hydrogens is 430 g/mol. The molecule has 0 spiro atoms. The van der Waals surface area contributed by atoms with Gasteiger partial charge in [0.05, 0.1) is 25.2 Å². The number of methoxy groups -OCH3 is 2. The van der Waals surface area contributed by atoms with E-state index >= 15 is 0 Å². The van der Waals surface area contributed by atoms with Crippen molar-refractivity contribution in [3.05, 3.63) is 48.0 Å². The Kier molecular flexibility index (Phi) is 7.76. The lowest BCUT2D eigenvalue weighted by Crippen LogP contribution is -2.39. The molecule has 2 aromatic rings. The number of nitrogens with one attached hydrogen (secondary N) is 1. The van der Waals surface area contributed by atoms with Crippen molar-refractivity contribution in [1.82, 2.24) is 9.21 Å². The van der Waals surface area contributed by atoms with E-state index in [0.717, 1.165) is 18.4 Å². The van der Waals surface area contributed by atoms with E-state index in [0.29, 0.717) is 36.8 Å². The van der Waals surface area contributed by atoms with Crippen molar-refractivity contribution >= 4 is 21.6 Å². The number of hydrogen-bond donors (Lipinski definition) is 1. The third-order valence-electron chi connectivity index (χ3n) is 5.77. The Labute approximate surface area is 190 Å². The Bertz CT molecular complexity index is 1030. The minimum absolute atomic E-state index is 0.190. The predicted octanol–water partition coefficient (Wildman–Crippen LogP) is 2.95. The van der Waals surface area contributed by atoms with Crippen LogP contribution in [-0.4, -0.2) is 63.9 Å². The molecular formula is C23H31N3O5S. The molecule has 1 amide bonds. The number of nitrogens with zero attached hydrogens (tertiary/aromatic N) is 2. The summed E-state index contributed by atoms with van der Waals surface area (Å²) in [5, 5.41) is 2.86. The Hall–Kier alpha value is -2.62. The molecule has 0 aliphatic carbocycles. The first-order valence-electron chi connectivity index (χ1n) is 10.6. The summed E-state index contributed by atoms with van der Waals surface area (Å²) in [6.45, 7) is 3.42. The number of ether oxygens (including phenoxy) is 2. The van der Waals surface area contributed by atoms with Gasteiger partial charge < -0.3 is 14.8 Å². The van der Waals surface area contributed by atoms with Gasteiger partial charge in [-0.2, -0.15) is 4.31 Å². The maximum absolute atomic E-state index is 12.8. The van der Waals surface area contributed by atoms with Crippen molar-refractivity contribution in [3.8, 4) is 11.5 Å². The smallest absolute Gasteiger partial charge is 0.243 e. The SMILES string of the molecule is COc1cccc(CN(C)C(C)C(=O)Nc2ccc(S(=O)(=O)N3CCCC3)cc2)c1OC. The standard InChI is InChI=1S/C23H31N3O5S/c1-17(25(2)16-18-8-7-9-21(30-3)22(18)31-4)23(27)24-19-10-12-20(13-11-19)32(28,29)26-14-5-6-15-26/h7-13,17H,5-6,14-16H2,1-4H3,(H,24,27). The molecule has 0 radical (unpaired) electrons. The number of carbonyl (C=O) groups excluding carboxylic acids is 1. The van der Waals surface area contributed by atoms with Crippen LogP contribution in [0.5, 0.6) is 11.5 Å². The first kappa shape index (κ1) is 24.0. The van der Waals surface area contributed by atoms with Gasteiger partial charge in [-0.15, -0.1) is 0 Å². The van der Waals surface area contributed by atoms with E-state index < -0.39 is 16.1 Å². The lowest BCUT2D eigenvalue weighted by atomic mass is 10.1. The maximum Gasteiger partial charge on any atom is 0.243 e. The maximum atomic E-state index is 12.8. The van der Waals surface area contributed by atoms with E-state index in [9.17, 15) is 13.2 Å². The van der Waals surface area contributed by atoms with Crippen molar-refractivity contribution in [2.75, 3.05) is 39.7 Å². The number of benzene rings is 2. The van der Waals surface area contributed by atoms with Gasteiger partial charge in [0.15, 0.2) is 11.5 Å². The molecule has 1 fully saturated rings. The summed E-state index contributed by atoms with van der Waals surface area (Å²) in [6, 6.07) is 11.5. The van der Waals surface area contributed by atoms with E-state index in [1.807, 2.05) is 37.1 Å². The van der Waals surface area contributed by atoms with Gasteiger partial charge in [0.25, 0.3) is 0 Å². The molecule has 2 aromatic carbocycles. The van der Waals surface area contributed by atoms with Crippen molar-refractivity contribution in [3.63, 3.8) is 0 Å². The van der Waals surface area contributed by atoms with Crippen LogP contribution in [0.15, 0.2) is 47.4 Å². The number of amides is 1. The highest BCUT2D eigenvalue weighted by atomic mass is 32.2.